The van der Waals surface area contributed by atoms with Crippen molar-refractivity contribution in [3.05, 3.63) is 53.9 Å². The van der Waals surface area contributed by atoms with Crippen LogP contribution in [0.1, 0.15) is 44.5 Å². The molecule has 1 aromatic heterocycles. The van der Waals surface area contributed by atoms with E-state index in [1.54, 1.807) is 33.9 Å². The lowest BCUT2D eigenvalue weighted by atomic mass is 9.81. The summed E-state index contributed by atoms with van der Waals surface area (Å²) in [6.07, 6.45) is 1.46. The van der Waals surface area contributed by atoms with E-state index in [2.05, 4.69) is 22.4 Å². The van der Waals surface area contributed by atoms with Gasteiger partial charge in [-0.15, -0.1) is 0 Å². The first-order chi connectivity index (χ1) is 19.2. The third-order valence-electron chi connectivity index (χ3n) is 8.74. The van der Waals surface area contributed by atoms with Crippen LogP contribution in [0.15, 0.2) is 42.6 Å². The first-order valence-corrected chi connectivity index (χ1v) is 13.6. The van der Waals surface area contributed by atoms with Crippen molar-refractivity contribution in [2.24, 2.45) is 29.1 Å². The standard InChI is InChI=1S/C30H32F3N5O3/c1-15-22(19-8-6-5-7-18(19)13-35-15)21(12-34)36-26(39)24-23-17-10-9-16(11-17)20(23)14-38(24)27(40)25(29(2,3)4)37-28(41)30(31,32)33/h5-10,13,16-17,20-21,23-25H,11,14H2,1-4H3,(H,36,39)(H,37,41)/t16-,17+,20-,21?,23+,24+,25-/m1/s1. The predicted octanol–water partition coefficient (Wildman–Crippen LogP) is 3.97. The zero-order chi connectivity index (χ0) is 29.9. The summed E-state index contributed by atoms with van der Waals surface area (Å²) in [5.74, 6) is -3.65. The minimum Gasteiger partial charge on any atom is -0.336 e. The molecule has 1 unspecified atom stereocenters. The normalized spacial score (nSPS) is 26.4. The molecule has 1 saturated carbocycles. The van der Waals surface area contributed by atoms with Gasteiger partial charge in [0.1, 0.15) is 18.1 Å². The zero-order valence-electron chi connectivity index (χ0n) is 23.2. The molecular weight excluding hydrogens is 535 g/mol. The maximum absolute atomic E-state index is 14.1. The second kappa shape index (κ2) is 10.2. The van der Waals surface area contributed by atoms with E-state index < -0.39 is 47.4 Å². The molecule has 2 bridgehead atoms. The molecule has 216 valence electrons. The van der Waals surface area contributed by atoms with E-state index >= 15 is 0 Å². The molecular formula is C30H32F3N5O3. The molecule has 0 radical (unpaired) electrons. The smallest absolute Gasteiger partial charge is 0.336 e. The van der Waals surface area contributed by atoms with E-state index in [-0.39, 0.29) is 30.2 Å². The summed E-state index contributed by atoms with van der Waals surface area (Å²) in [4.78, 5) is 45.6. The molecule has 11 heteroatoms. The molecule has 1 saturated heterocycles. The van der Waals surface area contributed by atoms with Gasteiger partial charge in [0.15, 0.2) is 0 Å². The molecule has 2 aromatic rings. The van der Waals surface area contributed by atoms with Gasteiger partial charge in [0.25, 0.3) is 0 Å². The van der Waals surface area contributed by atoms with E-state index in [0.717, 1.165) is 17.2 Å². The van der Waals surface area contributed by atoms with Gasteiger partial charge in [-0.05, 0) is 47.8 Å². The highest BCUT2D eigenvalue weighted by molar-refractivity contribution is 5.95. The highest BCUT2D eigenvalue weighted by Crippen LogP contribution is 2.54. The predicted molar refractivity (Wildman–Crippen MR) is 144 cm³/mol. The molecule has 0 spiro atoms. The minimum atomic E-state index is -5.17. The Kier molecular flexibility index (Phi) is 7.08. The fourth-order valence-corrected chi connectivity index (χ4v) is 6.85. The molecule has 7 atom stereocenters. The Balaban J connectivity index is 1.49. The van der Waals surface area contributed by atoms with Crippen molar-refractivity contribution in [2.75, 3.05) is 6.54 Å². The summed E-state index contributed by atoms with van der Waals surface area (Å²) in [6, 6.07) is 5.92. The third-order valence-corrected chi connectivity index (χ3v) is 8.74. The number of nitrogens with one attached hydrogen (secondary N) is 2. The molecule has 5 rings (SSSR count). The summed E-state index contributed by atoms with van der Waals surface area (Å²) in [6.45, 7) is 6.60. The van der Waals surface area contributed by atoms with Gasteiger partial charge < -0.3 is 15.5 Å². The molecule has 2 aliphatic carbocycles. The first-order valence-electron chi connectivity index (χ1n) is 13.6. The van der Waals surface area contributed by atoms with Crippen LogP contribution in [-0.4, -0.2) is 52.4 Å². The van der Waals surface area contributed by atoms with Gasteiger partial charge >= 0.3 is 12.1 Å². The Hall–Kier alpha value is -3.94. The second-order valence-electron chi connectivity index (χ2n) is 12.3. The average molecular weight is 568 g/mol. The second-order valence-corrected chi connectivity index (χ2v) is 12.3. The van der Waals surface area contributed by atoms with Gasteiger partial charge in [-0.2, -0.15) is 18.4 Å². The van der Waals surface area contributed by atoms with Crippen molar-refractivity contribution < 1.29 is 27.6 Å². The number of hydrogen-bond donors (Lipinski definition) is 2. The highest BCUT2D eigenvalue weighted by atomic mass is 19.4. The Morgan fingerprint density at radius 3 is 2.44 bits per heavy atom. The highest BCUT2D eigenvalue weighted by Gasteiger charge is 2.59. The number of fused-ring (bicyclic) bond motifs is 6. The number of aromatic nitrogens is 1. The zero-order valence-corrected chi connectivity index (χ0v) is 23.2. The summed E-state index contributed by atoms with van der Waals surface area (Å²) >= 11 is 0. The van der Waals surface area contributed by atoms with Gasteiger partial charge in [0, 0.05) is 29.4 Å². The summed E-state index contributed by atoms with van der Waals surface area (Å²) in [7, 11) is 0. The van der Waals surface area contributed by atoms with Gasteiger partial charge in [0.05, 0.1) is 6.07 Å². The number of benzene rings is 1. The number of carbonyl (C=O) groups excluding carboxylic acids is 3. The number of rotatable bonds is 5. The summed E-state index contributed by atoms with van der Waals surface area (Å²) < 4.78 is 39.6. The van der Waals surface area contributed by atoms with E-state index in [1.165, 1.54) is 4.90 Å². The molecule has 41 heavy (non-hydrogen) atoms. The third kappa shape index (κ3) is 5.04. The van der Waals surface area contributed by atoms with Gasteiger partial charge in [0.2, 0.25) is 11.8 Å². The van der Waals surface area contributed by atoms with Crippen LogP contribution in [0.3, 0.4) is 0 Å². The number of halogens is 3. The van der Waals surface area contributed by atoms with Crippen molar-refractivity contribution in [1.29, 1.82) is 5.26 Å². The van der Waals surface area contributed by atoms with Crippen LogP contribution in [0.2, 0.25) is 0 Å². The van der Waals surface area contributed by atoms with Crippen molar-refractivity contribution in [3.63, 3.8) is 0 Å². The van der Waals surface area contributed by atoms with Crippen LogP contribution in [0.4, 0.5) is 13.2 Å². The summed E-state index contributed by atoms with van der Waals surface area (Å²) in [5, 5.41) is 16.4. The molecule has 2 heterocycles. The number of carbonyl (C=O) groups is 3. The molecule has 8 nitrogen and oxygen atoms in total. The van der Waals surface area contributed by atoms with Crippen LogP contribution in [0.25, 0.3) is 10.8 Å². The SMILES string of the molecule is Cc1ncc2ccccc2c1C(C#N)NC(=O)[C@@H]1[C@@H]2[C@H](CN1C(=O)[C@@H](NC(=O)C(F)(F)F)C(C)(C)C)[C@@H]1C=C[C@H]2C1. The van der Waals surface area contributed by atoms with E-state index in [1.807, 2.05) is 35.7 Å². The molecule has 2 fully saturated rings. The molecule has 3 aliphatic rings. The number of aryl methyl sites for hydroxylation is 1. The molecule has 3 amide bonds. The fourth-order valence-electron chi connectivity index (χ4n) is 6.85. The molecule has 1 aliphatic heterocycles. The van der Waals surface area contributed by atoms with E-state index in [4.69, 9.17) is 0 Å². The van der Waals surface area contributed by atoms with Crippen LogP contribution in [0, 0.1) is 47.3 Å². The van der Waals surface area contributed by atoms with E-state index in [0.29, 0.717) is 11.3 Å². The van der Waals surface area contributed by atoms with Crippen molar-refractivity contribution in [2.45, 2.75) is 58.4 Å². The van der Waals surface area contributed by atoms with Crippen molar-refractivity contribution in [1.82, 2.24) is 20.5 Å². The quantitative estimate of drug-likeness (QED) is 0.531. The van der Waals surface area contributed by atoms with Crippen LogP contribution in [0.5, 0.6) is 0 Å². The lowest BCUT2D eigenvalue weighted by molar-refractivity contribution is -0.176. The maximum Gasteiger partial charge on any atom is 0.471 e. The lowest BCUT2D eigenvalue weighted by Crippen LogP contribution is -2.60. The Bertz CT molecular complexity index is 1470. The van der Waals surface area contributed by atoms with Crippen molar-refractivity contribution in [3.8, 4) is 6.07 Å². The number of pyridine rings is 1. The van der Waals surface area contributed by atoms with Gasteiger partial charge in [-0.1, -0.05) is 57.2 Å². The lowest BCUT2D eigenvalue weighted by Gasteiger charge is -2.37. The van der Waals surface area contributed by atoms with Crippen LogP contribution in [-0.2, 0) is 14.4 Å². The monoisotopic (exact) mass is 567 g/mol. The van der Waals surface area contributed by atoms with Crippen molar-refractivity contribution >= 4 is 28.5 Å². The maximum atomic E-state index is 14.1. The van der Waals surface area contributed by atoms with Crippen LogP contribution >= 0.6 is 0 Å². The number of allylic oxidation sites excluding steroid dienone is 2. The largest absolute Gasteiger partial charge is 0.471 e. The Morgan fingerprint density at radius 2 is 1.78 bits per heavy atom. The average Bonchev–Trinajstić information content (AvgIpc) is 3.62. The first kappa shape index (κ1) is 28.6. The number of nitriles is 1. The number of likely N-dealkylation sites (tertiary alicyclic amines) is 1. The number of nitrogens with zero attached hydrogens (tertiary/aromatic N) is 3. The van der Waals surface area contributed by atoms with Gasteiger partial charge in [-0.3, -0.25) is 19.4 Å². The number of alkyl halides is 3. The molecule has 1 aromatic carbocycles. The minimum absolute atomic E-state index is 0.0258. The van der Waals surface area contributed by atoms with E-state index in [9.17, 15) is 32.8 Å². The van der Waals surface area contributed by atoms with Crippen LogP contribution < -0.4 is 10.6 Å². The summed E-state index contributed by atoms with van der Waals surface area (Å²) in [5.41, 5.74) is 0.0389. The number of hydrogen-bond acceptors (Lipinski definition) is 5. The topological polar surface area (TPSA) is 115 Å². The molecule has 2 N–H and O–H groups in total. The Morgan fingerprint density at radius 1 is 1.10 bits per heavy atom. The number of amides is 3. The van der Waals surface area contributed by atoms with Gasteiger partial charge in [-0.25, -0.2) is 0 Å². The fraction of sp³-hybridized carbons (Fsp3) is 0.500. The Labute approximate surface area is 236 Å².